The first kappa shape index (κ1) is 8.34. The number of fused-ring (bicyclic) bond motifs is 1. The van der Waals surface area contributed by atoms with Crippen LogP contribution in [0, 0.1) is 12.3 Å². The maximum Gasteiger partial charge on any atom is 0.0298 e. The molecular formula is C12H13N. The highest BCUT2D eigenvalue weighted by molar-refractivity contribution is 5.42. The van der Waals surface area contributed by atoms with Crippen molar-refractivity contribution in [2.45, 2.75) is 25.3 Å². The van der Waals surface area contributed by atoms with Gasteiger partial charge in [0, 0.05) is 11.6 Å². The summed E-state index contributed by atoms with van der Waals surface area (Å²) >= 11 is 0. The molecule has 1 aromatic rings. The first-order valence-electron chi connectivity index (χ1n) is 4.66. The van der Waals surface area contributed by atoms with E-state index in [-0.39, 0.29) is 6.04 Å². The molecule has 0 saturated heterocycles. The van der Waals surface area contributed by atoms with Gasteiger partial charge in [0.25, 0.3) is 0 Å². The number of aryl methyl sites for hydroxylation is 1. The molecule has 0 bridgehead atoms. The Balaban J connectivity index is 2.48. The van der Waals surface area contributed by atoms with Crippen molar-refractivity contribution in [1.29, 1.82) is 0 Å². The summed E-state index contributed by atoms with van der Waals surface area (Å²) in [7, 11) is 0. The summed E-state index contributed by atoms with van der Waals surface area (Å²) in [5, 5.41) is 0. The SMILES string of the molecule is C#Cc1ccc2c(c1)[C@@H](N)CCC2. The number of terminal acetylenes is 1. The minimum atomic E-state index is 0.192. The van der Waals surface area contributed by atoms with E-state index in [1.54, 1.807) is 0 Å². The summed E-state index contributed by atoms with van der Waals surface area (Å²) in [6, 6.07) is 6.36. The Hall–Kier alpha value is -1.26. The predicted octanol–water partition coefficient (Wildman–Crippen LogP) is 2.00. The second-order valence-electron chi connectivity index (χ2n) is 3.56. The Morgan fingerprint density at radius 3 is 3.08 bits per heavy atom. The van der Waals surface area contributed by atoms with Crippen molar-refractivity contribution >= 4 is 0 Å². The zero-order valence-corrected chi connectivity index (χ0v) is 7.59. The minimum absolute atomic E-state index is 0.192. The van der Waals surface area contributed by atoms with Gasteiger partial charge in [-0.3, -0.25) is 0 Å². The number of nitrogens with two attached hydrogens (primary N) is 1. The molecule has 1 aromatic carbocycles. The van der Waals surface area contributed by atoms with E-state index in [9.17, 15) is 0 Å². The molecule has 0 amide bonds. The topological polar surface area (TPSA) is 26.0 Å². The molecule has 0 saturated carbocycles. The molecule has 0 aromatic heterocycles. The lowest BCUT2D eigenvalue weighted by Gasteiger charge is -2.22. The van der Waals surface area contributed by atoms with Crippen LogP contribution in [-0.2, 0) is 6.42 Å². The van der Waals surface area contributed by atoms with E-state index in [0.29, 0.717) is 0 Å². The van der Waals surface area contributed by atoms with E-state index in [1.807, 2.05) is 6.07 Å². The van der Waals surface area contributed by atoms with Crippen molar-refractivity contribution in [3.8, 4) is 12.3 Å². The lowest BCUT2D eigenvalue weighted by Crippen LogP contribution is -2.17. The monoisotopic (exact) mass is 171 g/mol. The van der Waals surface area contributed by atoms with Crippen molar-refractivity contribution in [3.63, 3.8) is 0 Å². The van der Waals surface area contributed by atoms with Crippen molar-refractivity contribution in [2.75, 3.05) is 0 Å². The molecular weight excluding hydrogens is 158 g/mol. The van der Waals surface area contributed by atoms with Gasteiger partial charge >= 0.3 is 0 Å². The molecule has 66 valence electrons. The average molecular weight is 171 g/mol. The lowest BCUT2D eigenvalue weighted by atomic mass is 9.87. The summed E-state index contributed by atoms with van der Waals surface area (Å²) in [5.41, 5.74) is 9.57. The fourth-order valence-corrected chi connectivity index (χ4v) is 1.93. The van der Waals surface area contributed by atoms with E-state index in [0.717, 1.165) is 18.4 Å². The van der Waals surface area contributed by atoms with E-state index in [2.05, 4.69) is 18.1 Å². The summed E-state index contributed by atoms with van der Waals surface area (Å²) in [6.07, 6.45) is 8.77. The third-order valence-electron chi connectivity index (χ3n) is 2.67. The van der Waals surface area contributed by atoms with Crippen LogP contribution in [0.2, 0.25) is 0 Å². The predicted molar refractivity (Wildman–Crippen MR) is 54.2 cm³/mol. The summed E-state index contributed by atoms with van der Waals surface area (Å²) in [6.45, 7) is 0. The number of benzene rings is 1. The van der Waals surface area contributed by atoms with Gasteiger partial charge in [0.15, 0.2) is 0 Å². The first-order chi connectivity index (χ1) is 6.31. The van der Waals surface area contributed by atoms with Crippen LogP contribution in [0.3, 0.4) is 0 Å². The zero-order valence-electron chi connectivity index (χ0n) is 7.59. The van der Waals surface area contributed by atoms with Gasteiger partial charge in [0.05, 0.1) is 0 Å². The van der Waals surface area contributed by atoms with Crippen molar-refractivity contribution in [2.24, 2.45) is 5.73 Å². The molecule has 0 unspecified atom stereocenters. The number of hydrogen-bond donors (Lipinski definition) is 1. The molecule has 13 heavy (non-hydrogen) atoms. The van der Waals surface area contributed by atoms with E-state index in [4.69, 9.17) is 12.2 Å². The van der Waals surface area contributed by atoms with Crippen LogP contribution in [0.1, 0.15) is 35.6 Å². The quantitative estimate of drug-likeness (QED) is 0.594. The van der Waals surface area contributed by atoms with Gasteiger partial charge in [-0.2, -0.15) is 0 Å². The second-order valence-corrected chi connectivity index (χ2v) is 3.56. The summed E-state index contributed by atoms with van der Waals surface area (Å²) < 4.78 is 0. The molecule has 0 spiro atoms. The highest BCUT2D eigenvalue weighted by atomic mass is 14.6. The van der Waals surface area contributed by atoms with Crippen molar-refractivity contribution < 1.29 is 0 Å². The van der Waals surface area contributed by atoms with Gasteiger partial charge in [-0.15, -0.1) is 6.42 Å². The molecule has 1 atom stereocenters. The number of rotatable bonds is 0. The molecule has 1 aliphatic carbocycles. The van der Waals surface area contributed by atoms with E-state index in [1.165, 1.54) is 17.5 Å². The highest BCUT2D eigenvalue weighted by Gasteiger charge is 2.16. The normalized spacial score (nSPS) is 20.5. The molecule has 0 radical (unpaired) electrons. The lowest BCUT2D eigenvalue weighted by molar-refractivity contribution is 0.570. The standard InChI is InChI=1S/C12H13N/c1-2-9-6-7-10-4-3-5-12(13)11(10)8-9/h1,6-8,12H,3-5,13H2/t12-/m0/s1. The maximum atomic E-state index is 6.00. The van der Waals surface area contributed by atoms with Crippen LogP contribution in [-0.4, -0.2) is 0 Å². The Kier molecular flexibility index (Phi) is 2.08. The fourth-order valence-electron chi connectivity index (χ4n) is 1.93. The van der Waals surface area contributed by atoms with Crippen LogP contribution in [0.5, 0.6) is 0 Å². The molecule has 0 aliphatic heterocycles. The van der Waals surface area contributed by atoms with Gasteiger partial charge in [-0.25, -0.2) is 0 Å². The molecule has 1 aliphatic rings. The van der Waals surface area contributed by atoms with Gasteiger partial charge < -0.3 is 5.73 Å². The van der Waals surface area contributed by atoms with Gasteiger partial charge in [-0.1, -0.05) is 12.0 Å². The second kappa shape index (κ2) is 3.24. The molecule has 2 rings (SSSR count). The van der Waals surface area contributed by atoms with Crippen molar-refractivity contribution in [3.05, 3.63) is 34.9 Å². The summed E-state index contributed by atoms with van der Waals surface area (Å²) in [5.74, 6) is 2.64. The van der Waals surface area contributed by atoms with Crippen LogP contribution in [0.4, 0.5) is 0 Å². The van der Waals surface area contributed by atoms with Gasteiger partial charge in [0.2, 0.25) is 0 Å². The summed E-state index contributed by atoms with van der Waals surface area (Å²) in [4.78, 5) is 0. The van der Waals surface area contributed by atoms with Crippen LogP contribution in [0.15, 0.2) is 18.2 Å². The Bertz CT molecular complexity index is 360. The molecule has 2 N–H and O–H groups in total. The first-order valence-corrected chi connectivity index (χ1v) is 4.66. The zero-order chi connectivity index (χ0) is 9.26. The Morgan fingerprint density at radius 1 is 1.46 bits per heavy atom. The highest BCUT2D eigenvalue weighted by Crippen LogP contribution is 2.28. The van der Waals surface area contributed by atoms with E-state index >= 15 is 0 Å². The molecule has 0 heterocycles. The van der Waals surface area contributed by atoms with Gasteiger partial charge in [-0.05, 0) is 42.5 Å². The third kappa shape index (κ3) is 1.46. The molecule has 1 nitrogen and oxygen atoms in total. The van der Waals surface area contributed by atoms with E-state index < -0.39 is 0 Å². The van der Waals surface area contributed by atoms with Crippen molar-refractivity contribution in [1.82, 2.24) is 0 Å². The maximum absolute atomic E-state index is 6.00. The molecule has 1 heteroatoms. The van der Waals surface area contributed by atoms with Gasteiger partial charge in [0.1, 0.15) is 0 Å². The number of hydrogen-bond acceptors (Lipinski definition) is 1. The van der Waals surface area contributed by atoms with Crippen LogP contribution in [0.25, 0.3) is 0 Å². The van der Waals surface area contributed by atoms with Crippen LogP contribution < -0.4 is 5.73 Å². The fraction of sp³-hybridized carbons (Fsp3) is 0.333. The Labute approximate surface area is 79.0 Å². The minimum Gasteiger partial charge on any atom is -0.324 e. The average Bonchev–Trinajstić information content (AvgIpc) is 2.18. The van der Waals surface area contributed by atoms with Crippen LogP contribution >= 0.6 is 0 Å². The smallest absolute Gasteiger partial charge is 0.0298 e. The Morgan fingerprint density at radius 2 is 2.31 bits per heavy atom. The molecule has 0 fully saturated rings. The third-order valence-corrected chi connectivity index (χ3v) is 2.67. The largest absolute Gasteiger partial charge is 0.324 e.